The zero-order valence-corrected chi connectivity index (χ0v) is 11.3. The van der Waals surface area contributed by atoms with E-state index >= 15 is 0 Å². The third-order valence-corrected chi connectivity index (χ3v) is 3.61. The van der Waals surface area contributed by atoms with E-state index in [2.05, 4.69) is 12.2 Å². The van der Waals surface area contributed by atoms with Crippen LogP contribution in [0.5, 0.6) is 0 Å². The van der Waals surface area contributed by atoms with Gasteiger partial charge in [-0.15, -0.1) is 0 Å². The standard InChI is InChI=1S/C11H15ClN2O2S/c1-3-17-7-8(2)13-11-9(12)5-4-6-10(11)14(15)16/h4-6,8,13H,3,7H2,1-2H3. The second-order valence-corrected chi connectivity index (χ2v) is 5.32. The summed E-state index contributed by atoms with van der Waals surface area (Å²) < 4.78 is 0. The van der Waals surface area contributed by atoms with Crippen molar-refractivity contribution in [3.63, 3.8) is 0 Å². The number of para-hydroxylation sites is 1. The summed E-state index contributed by atoms with van der Waals surface area (Å²) in [6, 6.07) is 4.82. The van der Waals surface area contributed by atoms with Gasteiger partial charge in [-0.05, 0) is 18.7 Å². The van der Waals surface area contributed by atoms with E-state index < -0.39 is 4.92 Å². The van der Waals surface area contributed by atoms with Crippen LogP contribution >= 0.6 is 23.4 Å². The maximum Gasteiger partial charge on any atom is 0.293 e. The van der Waals surface area contributed by atoms with Gasteiger partial charge in [-0.2, -0.15) is 11.8 Å². The van der Waals surface area contributed by atoms with Gasteiger partial charge in [0.2, 0.25) is 0 Å². The molecule has 1 rings (SSSR count). The molecule has 0 amide bonds. The van der Waals surface area contributed by atoms with E-state index in [1.807, 2.05) is 6.92 Å². The van der Waals surface area contributed by atoms with E-state index in [9.17, 15) is 10.1 Å². The number of nitrogens with one attached hydrogen (secondary N) is 1. The predicted octanol–water partition coefficient (Wildman–Crippen LogP) is 3.80. The number of thioether (sulfide) groups is 1. The molecule has 0 radical (unpaired) electrons. The van der Waals surface area contributed by atoms with Crippen molar-refractivity contribution in [3.8, 4) is 0 Å². The molecule has 1 unspecified atom stereocenters. The average molecular weight is 275 g/mol. The van der Waals surface area contributed by atoms with E-state index in [1.54, 1.807) is 23.9 Å². The molecule has 1 aromatic rings. The van der Waals surface area contributed by atoms with E-state index in [0.29, 0.717) is 10.7 Å². The highest BCUT2D eigenvalue weighted by molar-refractivity contribution is 7.99. The smallest absolute Gasteiger partial charge is 0.293 e. The van der Waals surface area contributed by atoms with Gasteiger partial charge < -0.3 is 5.32 Å². The summed E-state index contributed by atoms with van der Waals surface area (Å²) in [7, 11) is 0. The lowest BCUT2D eigenvalue weighted by Crippen LogP contribution is -2.19. The Balaban J connectivity index is 2.85. The molecule has 94 valence electrons. The number of hydrogen-bond donors (Lipinski definition) is 1. The number of nitro groups is 1. The molecule has 1 aromatic carbocycles. The largest absolute Gasteiger partial charge is 0.375 e. The molecule has 0 spiro atoms. The lowest BCUT2D eigenvalue weighted by atomic mass is 10.2. The van der Waals surface area contributed by atoms with Crippen LogP contribution in [-0.4, -0.2) is 22.5 Å². The summed E-state index contributed by atoms with van der Waals surface area (Å²) in [6.07, 6.45) is 0. The highest BCUT2D eigenvalue weighted by Crippen LogP contribution is 2.32. The molecule has 0 fully saturated rings. The third kappa shape index (κ3) is 4.09. The van der Waals surface area contributed by atoms with Crippen LogP contribution in [0.1, 0.15) is 13.8 Å². The molecule has 0 saturated carbocycles. The number of rotatable bonds is 6. The van der Waals surface area contributed by atoms with Gasteiger partial charge in [0.15, 0.2) is 0 Å². The molecule has 0 bridgehead atoms. The topological polar surface area (TPSA) is 55.2 Å². The average Bonchev–Trinajstić information content (AvgIpc) is 2.28. The Kier molecular flexibility index (Phi) is 5.58. The molecule has 0 aliphatic heterocycles. The normalized spacial score (nSPS) is 12.2. The maximum absolute atomic E-state index is 10.9. The van der Waals surface area contributed by atoms with Crippen LogP contribution in [0.15, 0.2) is 18.2 Å². The van der Waals surface area contributed by atoms with E-state index in [1.165, 1.54) is 6.07 Å². The summed E-state index contributed by atoms with van der Waals surface area (Å²) >= 11 is 7.76. The van der Waals surface area contributed by atoms with E-state index in [-0.39, 0.29) is 11.7 Å². The molecule has 1 N–H and O–H groups in total. The Morgan fingerprint density at radius 1 is 1.59 bits per heavy atom. The lowest BCUT2D eigenvalue weighted by molar-refractivity contribution is -0.384. The number of benzene rings is 1. The van der Waals surface area contributed by atoms with E-state index in [0.717, 1.165) is 11.5 Å². The second kappa shape index (κ2) is 6.71. The summed E-state index contributed by atoms with van der Waals surface area (Å²) in [4.78, 5) is 10.4. The molecule has 6 heteroatoms. The Morgan fingerprint density at radius 2 is 2.29 bits per heavy atom. The Labute approximate surface area is 110 Å². The van der Waals surface area contributed by atoms with Gasteiger partial charge in [-0.3, -0.25) is 10.1 Å². The van der Waals surface area contributed by atoms with Crippen LogP contribution in [0.2, 0.25) is 5.02 Å². The minimum atomic E-state index is -0.423. The van der Waals surface area contributed by atoms with Gasteiger partial charge in [-0.1, -0.05) is 24.6 Å². The third-order valence-electron chi connectivity index (χ3n) is 2.15. The van der Waals surface area contributed by atoms with Crippen LogP contribution in [0.4, 0.5) is 11.4 Å². The van der Waals surface area contributed by atoms with Gasteiger partial charge in [0.05, 0.1) is 9.95 Å². The summed E-state index contributed by atoms with van der Waals surface area (Å²) in [5, 5.41) is 14.4. The molecule has 0 aromatic heterocycles. The maximum atomic E-state index is 10.9. The predicted molar refractivity (Wildman–Crippen MR) is 74.2 cm³/mol. The molecule has 1 atom stereocenters. The van der Waals surface area contributed by atoms with E-state index in [4.69, 9.17) is 11.6 Å². The summed E-state index contributed by atoms with van der Waals surface area (Å²) in [5.41, 5.74) is 0.425. The minimum Gasteiger partial charge on any atom is -0.375 e. The number of nitrogens with zero attached hydrogens (tertiary/aromatic N) is 1. The molecular weight excluding hydrogens is 260 g/mol. The Bertz CT molecular complexity index is 401. The van der Waals surface area contributed by atoms with Crippen LogP contribution in [0, 0.1) is 10.1 Å². The molecular formula is C11H15ClN2O2S. The lowest BCUT2D eigenvalue weighted by Gasteiger charge is -2.15. The molecule has 0 aliphatic rings. The SMILES string of the molecule is CCSCC(C)Nc1c(Cl)cccc1[N+](=O)[O-]. The van der Waals surface area contributed by atoms with Gasteiger partial charge >= 0.3 is 0 Å². The second-order valence-electron chi connectivity index (χ2n) is 3.60. The molecule has 0 heterocycles. The first-order valence-electron chi connectivity index (χ1n) is 5.33. The van der Waals surface area contributed by atoms with Crippen LogP contribution < -0.4 is 5.32 Å². The van der Waals surface area contributed by atoms with Crippen molar-refractivity contribution in [2.24, 2.45) is 0 Å². The monoisotopic (exact) mass is 274 g/mol. The number of hydrogen-bond acceptors (Lipinski definition) is 4. The van der Waals surface area contributed by atoms with Crippen molar-refractivity contribution >= 4 is 34.7 Å². The number of nitro benzene ring substituents is 1. The molecule has 17 heavy (non-hydrogen) atoms. The van der Waals surface area contributed by atoms with Crippen molar-refractivity contribution in [2.75, 3.05) is 16.8 Å². The minimum absolute atomic E-state index is 0.0193. The van der Waals surface area contributed by atoms with Gasteiger partial charge in [0.1, 0.15) is 5.69 Å². The zero-order valence-electron chi connectivity index (χ0n) is 9.77. The number of halogens is 1. The highest BCUT2D eigenvalue weighted by atomic mass is 35.5. The quantitative estimate of drug-likeness (QED) is 0.633. The Morgan fingerprint density at radius 3 is 2.88 bits per heavy atom. The van der Waals surface area contributed by atoms with Crippen molar-refractivity contribution in [2.45, 2.75) is 19.9 Å². The molecule has 0 aliphatic carbocycles. The fraction of sp³-hybridized carbons (Fsp3) is 0.455. The first kappa shape index (κ1) is 14.1. The first-order chi connectivity index (χ1) is 8.06. The molecule has 0 saturated heterocycles. The van der Waals surface area contributed by atoms with Gasteiger partial charge in [0, 0.05) is 17.9 Å². The zero-order chi connectivity index (χ0) is 12.8. The van der Waals surface area contributed by atoms with Crippen LogP contribution in [0.3, 0.4) is 0 Å². The molecule has 4 nitrogen and oxygen atoms in total. The fourth-order valence-corrected chi connectivity index (χ4v) is 2.29. The summed E-state index contributed by atoms with van der Waals surface area (Å²) in [6.45, 7) is 4.06. The summed E-state index contributed by atoms with van der Waals surface area (Å²) in [5.74, 6) is 1.91. The van der Waals surface area contributed by atoms with Gasteiger partial charge in [-0.25, -0.2) is 0 Å². The van der Waals surface area contributed by atoms with Crippen molar-refractivity contribution in [3.05, 3.63) is 33.3 Å². The van der Waals surface area contributed by atoms with Crippen molar-refractivity contribution < 1.29 is 4.92 Å². The van der Waals surface area contributed by atoms with Crippen LogP contribution in [-0.2, 0) is 0 Å². The highest BCUT2D eigenvalue weighted by Gasteiger charge is 2.17. The van der Waals surface area contributed by atoms with Crippen molar-refractivity contribution in [1.29, 1.82) is 0 Å². The Hall–Kier alpha value is -0.940. The van der Waals surface area contributed by atoms with Crippen LogP contribution in [0.25, 0.3) is 0 Å². The fourth-order valence-electron chi connectivity index (χ4n) is 1.39. The number of anilines is 1. The first-order valence-corrected chi connectivity index (χ1v) is 6.86. The van der Waals surface area contributed by atoms with Crippen molar-refractivity contribution in [1.82, 2.24) is 0 Å². The van der Waals surface area contributed by atoms with Gasteiger partial charge in [0.25, 0.3) is 5.69 Å².